The van der Waals surface area contributed by atoms with Crippen molar-refractivity contribution in [3.05, 3.63) is 46.4 Å². The van der Waals surface area contributed by atoms with E-state index in [0.29, 0.717) is 35.4 Å². The lowest BCUT2D eigenvalue weighted by Gasteiger charge is -2.35. The number of fused-ring (bicyclic) bond motifs is 3. The number of para-hydroxylation sites is 1. The van der Waals surface area contributed by atoms with E-state index in [1.54, 1.807) is 4.57 Å². The highest BCUT2D eigenvalue weighted by molar-refractivity contribution is 6.17. The highest BCUT2D eigenvalue weighted by atomic mass is 16.2. The zero-order chi connectivity index (χ0) is 20.9. The van der Waals surface area contributed by atoms with Crippen LogP contribution in [0.2, 0.25) is 0 Å². The molecule has 5 nitrogen and oxygen atoms in total. The van der Waals surface area contributed by atoms with Crippen molar-refractivity contribution in [1.29, 1.82) is 0 Å². The molecule has 0 aliphatic carbocycles. The van der Waals surface area contributed by atoms with E-state index in [0.717, 1.165) is 35.8 Å². The van der Waals surface area contributed by atoms with Crippen molar-refractivity contribution in [3.8, 4) is 0 Å². The molecule has 0 saturated carbocycles. The van der Waals surface area contributed by atoms with Gasteiger partial charge in [-0.15, -0.1) is 0 Å². The number of aromatic nitrogens is 2. The van der Waals surface area contributed by atoms with Gasteiger partial charge in [0.1, 0.15) is 5.52 Å². The molecule has 154 valence electrons. The number of amides is 1. The average molecular weight is 394 g/mol. The first-order valence-corrected chi connectivity index (χ1v) is 10.7. The monoisotopic (exact) mass is 393 g/mol. The molecule has 0 unspecified atom stereocenters. The van der Waals surface area contributed by atoms with Gasteiger partial charge in [-0.05, 0) is 30.2 Å². The molecule has 4 rings (SSSR count). The van der Waals surface area contributed by atoms with Crippen molar-refractivity contribution in [1.82, 2.24) is 14.0 Å². The van der Waals surface area contributed by atoms with Crippen LogP contribution in [-0.2, 0) is 13.6 Å². The fourth-order valence-corrected chi connectivity index (χ4v) is 5.02. The molecule has 1 amide bonds. The molecule has 1 fully saturated rings. The van der Waals surface area contributed by atoms with Crippen LogP contribution >= 0.6 is 0 Å². The van der Waals surface area contributed by atoms with E-state index in [9.17, 15) is 9.59 Å². The van der Waals surface area contributed by atoms with E-state index < -0.39 is 0 Å². The second kappa shape index (κ2) is 7.36. The number of rotatable bonds is 3. The van der Waals surface area contributed by atoms with E-state index in [1.165, 1.54) is 0 Å². The lowest BCUT2D eigenvalue weighted by molar-refractivity contribution is 0.0624. The average Bonchev–Trinajstić information content (AvgIpc) is 2.96. The second-order valence-electron chi connectivity index (χ2n) is 9.35. The van der Waals surface area contributed by atoms with E-state index in [2.05, 4.69) is 27.7 Å². The summed E-state index contributed by atoms with van der Waals surface area (Å²) < 4.78 is 3.68. The highest BCUT2D eigenvalue weighted by Crippen LogP contribution is 2.31. The van der Waals surface area contributed by atoms with Crippen LogP contribution in [0.3, 0.4) is 0 Å². The summed E-state index contributed by atoms with van der Waals surface area (Å²) in [5.74, 6) is 1.35. The van der Waals surface area contributed by atoms with Crippen LogP contribution in [0.25, 0.3) is 21.8 Å². The Balaban J connectivity index is 1.99. The van der Waals surface area contributed by atoms with Gasteiger partial charge in [0, 0.05) is 49.2 Å². The highest BCUT2D eigenvalue weighted by Gasteiger charge is 2.29. The topological polar surface area (TPSA) is 47.2 Å². The van der Waals surface area contributed by atoms with E-state index in [1.807, 2.05) is 47.0 Å². The summed E-state index contributed by atoms with van der Waals surface area (Å²) in [4.78, 5) is 29.0. The summed E-state index contributed by atoms with van der Waals surface area (Å²) in [5, 5.41) is 1.77. The largest absolute Gasteiger partial charge is 0.339 e. The smallest absolute Gasteiger partial charge is 0.275 e. The maximum atomic E-state index is 13.7. The van der Waals surface area contributed by atoms with Crippen LogP contribution in [-0.4, -0.2) is 33.0 Å². The van der Waals surface area contributed by atoms with Crippen molar-refractivity contribution in [2.45, 2.75) is 40.7 Å². The first kappa shape index (κ1) is 19.7. The zero-order valence-electron chi connectivity index (χ0n) is 18.1. The second-order valence-corrected chi connectivity index (χ2v) is 9.35. The number of hydrogen-bond donors (Lipinski definition) is 0. The quantitative estimate of drug-likeness (QED) is 0.667. The van der Waals surface area contributed by atoms with E-state index in [-0.39, 0.29) is 11.5 Å². The number of nitrogens with zero attached hydrogens (tertiary/aromatic N) is 3. The van der Waals surface area contributed by atoms with Gasteiger partial charge in [0.2, 0.25) is 0 Å². The molecule has 3 aromatic rings. The fourth-order valence-electron chi connectivity index (χ4n) is 5.02. The molecule has 29 heavy (non-hydrogen) atoms. The van der Waals surface area contributed by atoms with Gasteiger partial charge in [0.25, 0.3) is 11.5 Å². The van der Waals surface area contributed by atoms with Gasteiger partial charge in [-0.2, -0.15) is 0 Å². The third-order valence-corrected chi connectivity index (χ3v) is 6.07. The predicted molar refractivity (Wildman–Crippen MR) is 118 cm³/mol. The molecule has 2 atom stereocenters. The standard InChI is InChI=1S/C24H31N3O2/c1-15(2)11-26-14-19(23(28)27-12-16(3)10-17(4)13-27)21-18-8-6-7-9-20(18)25(5)22(21)24(26)29/h6-9,14-17H,10-13H2,1-5H3/t16-,17-/m1/s1. The number of carbonyl (C=O) groups excluding carboxylic acids is 1. The van der Waals surface area contributed by atoms with Crippen molar-refractivity contribution in [2.24, 2.45) is 24.8 Å². The van der Waals surface area contributed by atoms with Crippen LogP contribution in [0.4, 0.5) is 0 Å². The summed E-state index contributed by atoms with van der Waals surface area (Å²) in [6.07, 6.45) is 2.96. The number of pyridine rings is 1. The normalized spacial score (nSPS) is 20.1. The summed E-state index contributed by atoms with van der Waals surface area (Å²) in [6, 6.07) is 7.98. The third-order valence-electron chi connectivity index (χ3n) is 6.07. The van der Waals surface area contributed by atoms with E-state index in [4.69, 9.17) is 0 Å². The molecule has 0 N–H and O–H groups in total. The first-order chi connectivity index (χ1) is 13.8. The number of piperidine rings is 1. The number of aryl methyl sites for hydroxylation is 1. The van der Waals surface area contributed by atoms with Gasteiger partial charge in [-0.1, -0.05) is 45.9 Å². The Morgan fingerprint density at radius 1 is 1.14 bits per heavy atom. The Hall–Kier alpha value is -2.56. The van der Waals surface area contributed by atoms with Crippen LogP contribution in [0.5, 0.6) is 0 Å². The molecule has 2 aromatic heterocycles. The van der Waals surface area contributed by atoms with Crippen molar-refractivity contribution in [2.75, 3.05) is 13.1 Å². The molecule has 3 heterocycles. The Morgan fingerprint density at radius 3 is 2.45 bits per heavy atom. The molecular formula is C24H31N3O2. The minimum atomic E-state index is -0.0238. The summed E-state index contributed by atoms with van der Waals surface area (Å²) in [6.45, 7) is 10.8. The number of carbonyl (C=O) groups is 1. The van der Waals surface area contributed by atoms with E-state index >= 15 is 0 Å². The van der Waals surface area contributed by atoms with Gasteiger partial charge < -0.3 is 14.0 Å². The summed E-state index contributed by atoms with van der Waals surface area (Å²) in [7, 11) is 1.92. The van der Waals surface area contributed by atoms with Gasteiger partial charge in [0.05, 0.1) is 5.56 Å². The number of hydrogen-bond acceptors (Lipinski definition) is 2. The predicted octanol–water partition coefficient (Wildman–Crippen LogP) is 4.27. The zero-order valence-corrected chi connectivity index (χ0v) is 18.1. The maximum absolute atomic E-state index is 13.7. The number of likely N-dealkylation sites (tertiary alicyclic amines) is 1. The van der Waals surface area contributed by atoms with Gasteiger partial charge in [-0.25, -0.2) is 0 Å². The Kier molecular flexibility index (Phi) is 5.01. The summed E-state index contributed by atoms with van der Waals surface area (Å²) >= 11 is 0. The van der Waals surface area contributed by atoms with Crippen LogP contribution in [0, 0.1) is 17.8 Å². The number of benzene rings is 1. The fraction of sp³-hybridized carbons (Fsp3) is 0.500. The lowest BCUT2D eigenvalue weighted by atomic mass is 9.91. The van der Waals surface area contributed by atoms with Gasteiger partial charge in [0.15, 0.2) is 0 Å². The Bertz CT molecular complexity index is 1130. The van der Waals surface area contributed by atoms with Crippen molar-refractivity contribution < 1.29 is 4.79 Å². The van der Waals surface area contributed by atoms with Crippen LogP contribution in [0.1, 0.15) is 44.5 Å². The first-order valence-electron chi connectivity index (χ1n) is 10.7. The molecule has 1 aliphatic rings. The minimum absolute atomic E-state index is 0.0238. The van der Waals surface area contributed by atoms with Crippen LogP contribution < -0.4 is 5.56 Å². The molecular weight excluding hydrogens is 362 g/mol. The molecule has 0 spiro atoms. The van der Waals surface area contributed by atoms with Crippen molar-refractivity contribution in [3.63, 3.8) is 0 Å². The van der Waals surface area contributed by atoms with Gasteiger partial charge >= 0.3 is 0 Å². The molecule has 1 aromatic carbocycles. The Morgan fingerprint density at radius 2 is 1.79 bits per heavy atom. The molecule has 1 aliphatic heterocycles. The molecule has 5 heteroatoms. The molecule has 0 radical (unpaired) electrons. The molecule has 0 bridgehead atoms. The van der Waals surface area contributed by atoms with Crippen molar-refractivity contribution >= 4 is 27.7 Å². The molecule has 1 saturated heterocycles. The van der Waals surface area contributed by atoms with Crippen LogP contribution in [0.15, 0.2) is 35.3 Å². The lowest BCUT2D eigenvalue weighted by Crippen LogP contribution is -2.43. The third kappa shape index (κ3) is 3.37. The Labute approximate surface area is 171 Å². The maximum Gasteiger partial charge on any atom is 0.275 e. The summed E-state index contributed by atoms with van der Waals surface area (Å²) in [5.41, 5.74) is 2.23. The SMILES string of the molecule is CC(C)Cn1cc(C(=O)N2C[C@H](C)C[C@@H](C)C2)c2c3ccccc3n(C)c2c1=O. The minimum Gasteiger partial charge on any atom is -0.339 e. The van der Waals surface area contributed by atoms with Gasteiger partial charge in [-0.3, -0.25) is 9.59 Å².